The number of anilines is 1. The smallest absolute Gasteiger partial charge is 0.137 e. The molecule has 6 heteroatoms. The predicted octanol–water partition coefficient (Wildman–Crippen LogP) is 1.11. The van der Waals surface area contributed by atoms with Crippen LogP contribution < -0.4 is 5.32 Å². The highest BCUT2D eigenvalue weighted by atomic mass is 35.5. The van der Waals surface area contributed by atoms with Gasteiger partial charge in [0.2, 0.25) is 0 Å². The van der Waals surface area contributed by atoms with Crippen LogP contribution in [0.25, 0.3) is 0 Å². The molecule has 1 rings (SSSR count). The Labute approximate surface area is 99.8 Å². The molecular weight excluding hydrogens is 230 g/mol. The van der Waals surface area contributed by atoms with Gasteiger partial charge in [-0.2, -0.15) is 0 Å². The lowest BCUT2D eigenvalue weighted by Gasteiger charge is -2.17. The number of aromatic nitrogens is 2. The van der Waals surface area contributed by atoms with Gasteiger partial charge in [-0.05, 0) is 6.42 Å². The SMILES string of the molecule is CCc1c(Cl)ncnc1NC(CO)COC. The van der Waals surface area contributed by atoms with Crippen molar-refractivity contribution in [3.63, 3.8) is 0 Å². The molecule has 1 aromatic heterocycles. The molecule has 0 aliphatic carbocycles. The molecule has 0 amide bonds. The largest absolute Gasteiger partial charge is 0.394 e. The van der Waals surface area contributed by atoms with Gasteiger partial charge in [-0.3, -0.25) is 0 Å². The number of nitrogens with one attached hydrogen (secondary N) is 1. The van der Waals surface area contributed by atoms with E-state index in [0.717, 1.165) is 12.0 Å². The van der Waals surface area contributed by atoms with Crippen LogP contribution in [0.2, 0.25) is 5.15 Å². The van der Waals surface area contributed by atoms with Crippen LogP contribution in [-0.2, 0) is 11.2 Å². The summed E-state index contributed by atoms with van der Waals surface area (Å²) in [6.45, 7) is 2.35. The first-order valence-corrected chi connectivity index (χ1v) is 5.46. The number of ether oxygens (including phenoxy) is 1. The lowest BCUT2D eigenvalue weighted by atomic mass is 10.2. The maximum Gasteiger partial charge on any atom is 0.137 e. The summed E-state index contributed by atoms with van der Waals surface area (Å²) >= 11 is 5.95. The molecule has 1 unspecified atom stereocenters. The third kappa shape index (κ3) is 3.30. The van der Waals surface area contributed by atoms with Crippen molar-refractivity contribution in [2.75, 3.05) is 25.6 Å². The summed E-state index contributed by atoms with van der Waals surface area (Å²) in [5.74, 6) is 0.651. The molecule has 90 valence electrons. The van der Waals surface area contributed by atoms with Crippen LogP contribution in [0.15, 0.2) is 6.33 Å². The van der Waals surface area contributed by atoms with Crippen LogP contribution in [0.3, 0.4) is 0 Å². The second-order valence-electron chi connectivity index (χ2n) is 3.32. The Hall–Kier alpha value is -0.910. The van der Waals surface area contributed by atoms with Crippen molar-refractivity contribution in [2.24, 2.45) is 0 Å². The van der Waals surface area contributed by atoms with Gasteiger partial charge < -0.3 is 15.2 Å². The molecule has 1 heterocycles. The Morgan fingerprint density at radius 2 is 2.31 bits per heavy atom. The van der Waals surface area contributed by atoms with Gasteiger partial charge >= 0.3 is 0 Å². The summed E-state index contributed by atoms with van der Waals surface area (Å²) in [5.41, 5.74) is 0.846. The Kier molecular flexibility index (Phi) is 5.45. The van der Waals surface area contributed by atoms with E-state index in [4.69, 9.17) is 21.4 Å². The van der Waals surface area contributed by atoms with E-state index in [1.807, 2.05) is 6.92 Å². The van der Waals surface area contributed by atoms with Crippen molar-refractivity contribution in [3.8, 4) is 0 Å². The molecule has 16 heavy (non-hydrogen) atoms. The standard InChI is InChI=1S/C10H16ClN3O2/c1-3-8-9(11)12-6-13-10(8)14-7(4-15)5-16-2/h6-7,15H,3-5H2,1-2H3,(H,12,13,14). The summed E-state index contributed by atoms with van der Waals surface area (Å²) in [6, 6.07) is -0.193. The van der Waals surface area contributed by atoms with E-state index in [2.05, 4.69) is 15.3 Å². The molecule has 0 saturated heterocycles. The van der Waals surface area contributed by atoms with Gasteiger partial charge in [0, 0.05) is 12.7 Å². The van der Waals surface area contributed by atoms with E-state index in [1.54, 1.807) is 7.11 Å². The fourth-order valence-electron chi connectivity index (χ4n) is 1.36. The Morgan fingerprint density at radius 1 is 1.56 bits per heavy atom. The van der Waals surface area contributed by atoms with Crippen LogP contribution in [0.4, 0.5) is 5.82 Å². The van der Waals surface area contributed by atoms with E-state index in [1.165, 1.54) is 6.33 Å². The minimum atomic E-state index is -0.193. The van der Waals surface area contributed by atoms with Crippen molar-refractivity contribution in [2.45, 2.75) is 19.4 Å². The topological polar surface area (TPSA) is 67.3 Å². The van der Waals surface area contributed by atoms with E-state index >= 15 is 0 Å². The maximum absolute atomic E-state index is 9.13. The summed E-state index contributed by atoms with van der Waals surface area (Å²) in [4.78, 5) is 8.02. The molecule has 0 aliphatic rings. The van der Waals surface area contributed by atoms with Gasteiger partial charge in [0.1, 0.15) is 17.3 Å². The highest BCUT2D eigenvalue weighted by Gasteiger charge is 2.12. The highest BCUT2D eigenvalue weighted by molar-refractivity contribution is 6.30. The van der Waals surface area contributed by atoms with Crippen LogP contribution in [0.1, 0.15) is 12.5 Å². The fraction of sp³-hybridized carbons (Fsp3) is 0.600. The first kappa shape index (κ1) is 13.2. The number of hydrogen-bond acceptors (Lipinski definition) is 5. The molecule has 1 aromatic rings. The lowest BCUT2D eigenvalue weighted by Crippen LogP contribution is -2.29. The van der Waals surface area contributed by atoms with Crippen molar-refractivity contribution < 1.29 is 9.84 Å². The number of hydrogen-bond donors (Lipinski definition) is 2. The number of rotatable bonds is 6. The normalized spacial score (nSPS) is 12.5. The number of methoxy groups -OCH3 is 1. The Balaban J connectivity index is 2.82. The average Bonchev–Trinajstić information content (AvgIpc) is 2.28. The van der Waals surface area contributed by atoms with Crippen molar-refractivity contribution in [1.82, 2.24) is 9.97 Å². The van der Waals surface area contributed by atoms with Crippen molar-refractivity contribution in [3.05, 3.63) is 17.0 Å². The highest BCUT2D eigenvalue weighted by Crippen LogP contribution is 2.20. The lowest BCUT2D eigenvalue weighted by molar-refractivity contribution is 0.153. The number of aliphatic hydroxyl groups is 1. The van der Waals surface area contributed by atoms with E-state index in [0.29, 0.717) is 17.6 Å². The number of nitrogens with zero attached hydrogens (tertiary/aromatic N) is 2. The molecule has 0 saturated carbocycles. The first-order valence-electron chi connectivity index (χ1n) is 5.08. The zero-order valence-electron chi connectivity index (χ0n) is 9.40. The minimum Gasteiger partial charge on any atom is -0.394 e. The molecule has 0 fully saturated rings. The third-order valence-corrected chi connectivity index (χ3v) is 2.50. The zero-order valence-corrected chi connectivity index (χ0v) is 10.2. The van der Waals surface area contributed by atoms with Crippen LogP contribution >= 0.6 is 11.6 Å². The first-order chi connectivity index (χ1) is 7.72. The van der Waals surface area contributed by atoms with Gasteiger partial charge in [0.15, 0.2) is 0 Å². The third-order valence-electron chi connectivity index (χ3n) is 2.18. The van der Waals surface area contributed by atoms with Gasteiger partial charge in [-0.15, -0.1) is 0 Å². The minimum absolute atomic E-state index is 0.0292. The van der Waals surface area contributed by atoms with E-state index in [9.17, 15) is 0 Å². The Morgan fingerprint density at radius 3 is 2.88 bits per heavy atom. The summed E-state index contributed by atoms with van der Waals surface area (Å²) in [6.07, 6.45) is 2.12. The van der Waals surface area contributed by atoms with E-state index in [-0.39, 0.29) is 12.6 Å². The molecule has 0 bridgehead atoms. The van der Waals surface area contributed by atoms with Crippen molar-refractivity contribution >= 4 is 17.4 Å². The summed E-state index contributed by atoms with van der Waals surface area (Å²) in [5, 5.41) is 12.7. The second-order valence-corrected chi connectivity index (χ2v) is 3.68. The molecule has 0 spiro atoms. The molecule has 0 aromatic carbocycles. The van der Waals surface area contributed by atoms with Gasteiger partial charge in [0.25, 0.3) is 0 Å². The number of aliphatic hydroxyl groups excluding tert-OH is 1. The monoisotopic (exact) mass is 245 g/mol. The molecular formula is C10H16ClN3O2. The second kappa shape index (κ2) is 6.62. The van der Waals surface area contributed by atoms with Crippen molar-refractivity contribution in [1.29, 1.82) is 0 Å². The molecule has 2 N–H and O–H groups in total. The molecule has 1 atom stereocenters. The summed E-state index contributed by atoms with van der Waals surface area (Å²) in [7, 11) is 1.58. The Bertz CT molecular complexity index is 336. The molecule has 0 aliphatic heterocycles. The summed E-state index contributed by atoms with van der Waals surface area (Å²) < 4.78 is 4.97. The fourth-order valence-corrected chi connectivity index (χ4v) is 1.63. The zero-order chi connectivity index (χ0) is 12.0. The van der Waals surface area contributed by atoms with E-state index < -0.39 is 0 Å². The van der Waals surface area contributed by atoms with Crippen LogP contribution in [0.5, 0.6) is 0 Å². The predicted molar refractivity (Wildman–Crippen MR) is 62.8 cm³/mol. The van der Waals surface area contributed by atoms with Gasteiger partial charge in [-0.25, -0.2) is 9.97 Å². The van der Waals surface area contributed by atoms with Gasteiger partial charge in [0.05, 0.1) is 19.3 Å². The van der Waals surface area contributed by atoms with Crippen LogP contribution in [0, 0.1) is 0 Å². The average molecular weight is 246 g/mol. The molecule has 5 nitrogen and oxygen atoms in total. The maximum atomic E-state index is 9.13. The quantitative estimate of drug-likeness (QED) is 0.735. The van der Waals surface area contributed by atoms with Gasteiger partial charge in [-0.1, -0.05) is 18.5 Å². The number of halogens is 1. The van der Waals surface area contributed by atoms with Crippen LogP contribution in [-0.4, -0.2) is 41.4 Å². The molecule has 0 radical (unpaired) electrons.